The molecule has 0 aliphatic carbocycles. The van der Waals surface area contributed by atoms with Gasteiger partial charge < -0.3 is 19.9 Å². The summed E-state index contributed by atoms with van der Waals surface area (Å²) in [6, 6.07) is -0.152. The highest BCUT2D eigenvalue weighted by Gasteiger charge is 2.36. The van der Waals surface area contributed by atoms with Gasteiger partial charge in [-0.2, -0.15) is 0 Å². The number of hydrogen-bond donors (Lipinski definition) is 2. The van der Waals surface area contributed by atoms with Crippen molar-refractivity contribution in [2.75, 3.05) is 19.6 Å². The number of aromatic nitrogens is 3. The van der Waals surface area contributed by atoms with Crippen molar-refractivity contribution in [2.24, 2.45) is 18.9 Å². The van der Waals surface area contributed by atoms with Crippen LogP contribution in [-0.2, 0) is 18.3 Å². The lowest BCUT2D eigenvalue weighted by Crippen LogP contribution is -2.56. The smallest absolute Gasteiger partial charge is 0.317 e. The molecule has 1 fully saturated rings. The van der Waals surface area contributed by atoms with Gasteiger partial charge in [-0.25, -0.2) is 4.79 Å². The van der Waals surface area contributed by atoms with Crippen molar-refractivity contribution < 1.29 is 14.7 Å². The molecule has 1 aromatic rings. The Balaban J connectivity index is 1.67. The van der Waals surface area contributed by atoms with Gasteiger partial charge in [0.25, 0.3) is 0 Å². The average molecular weight is 281 g/mol. The van der Waals surface area contributed by atoms with E-state index in [2.05, 4.69) is 15.5 Å². The highest BCUT2D eigenvalue weighted by atomic mass is 16.4. The zero-order valence-electron chi connectivity index (χ0n) is 11.6. The molecule has 2 heterocycles. The van der Waals surface area contributed by atoms with Gasteiger partial charge in [-0.1, -0.05) is 6.92 Å². The van der Waals surface area contributed by atoms with Crippen LogP contribution in [0.2, 0.25) is 0 Å². The quantitative estimate of drug-likeness (QED) is 0.773. The molecule has 0 radical (unpaired) electrons. The van der Waals surface area contributed by atoms with Crippen molar-refractivity contribution >= 4 is 12.0 Å². The Morgan fingerprint density at radius 2 is 2.25 bits per heavy atom. The molecule has 20 heavy (non-hydrogen) atoms. The number of carboxylic acid groups (broad SMARTS) is 1. The second-order valence-corrected chi connectivity index (χ2v) is 5.13. The van der Waals surface area contributed by atoms with Crippen LogP contribution in [0, 0.1) is 11.8 Å². The van der Waals surface area contributed by atoms with E-state index in [4.69, 9.17) is 5.11 Å². The van der Waals surface area contributed by atoms with Gasteiger partial charge in [0.1, 0.15) is 12.2 Å². The van der Waals surface area contributed by atoms with Gasteiger partial charge in [0.15, 0.2) is 0 Å². The zero-order chi connectivity index (χ0) is 14.7. The summed E-state index contributed by atoms with van der Waals surface area (Å²) in [7, 11) is 1.85. The van der Waals surface area contributed by atoms with E-state index in [0.717, 1.165) is 5.82 Å². The van der Waals surface area contributed by atoms with Crippen LogP contribution in [-0.4, -0.2) is 56.4 Å². The van der Waals surface area contributed by atoms with Gasteiger partial charge in [-0.05, 0) is 0 Å². The Morgan fingerprint density at radius 1 is 1.55 bits per heavy atom. The number of likely N-dealkylation sites (tertiary alicyclic amines) is 1. The summed E-state index contributed by atoms with van der Waals surface area (Å²) < 4.78 is 1.81. The fraction of sp³-hybridized carbons (Fsp3) is 0.667. The molecule has 8 heteroatoms. The van der Waals surface area contributed by atoms with Crippen LogP contribution in [0.5, 0.6) is 0 Å². The summed E-state index contributed by atoms with van der Waals surface area (Å²) in [6.45, 7) is 3.17. The van der Waals surface area contributed by atoms with Gasteiger partial charge in [0.05, 0.1) is 5.92 Å². The lowest BCUT2D eigenvalue weighted by atomic mass is 9.87. The normalized spacial score (nSPS) is 16.6. The Bertz CT molecular complexity index is 495. The van der Waals surface area contributed by atoms with Gasteiger partial charge in [0.2, 0.25) is 0 Å². The number of carboxylic acids is 1. The molecule has 1 aromatic heterocycles. The van der Waals surface area contributed by atoms with Crippen molar-refractivity contribution in [2.45, 2.75) is 13.3 Å². The summed E-state index contributed by atoms with van der Waals surface area (Å²) in [4.78, 5) is 24.2. The molecule has 1 aliphatic heterocycles. The van der Waals surface area contributed by atoms with Crippen LogP contribution < -0.4 is 5.32 Å². The second kappa shape index (κ2) is 5.89. The maximum atomic E-state index is 11.8. The molecule has 1 saturated heterocycles. The summed E-state index contributed by atoms with van der Waals surface area (Å²) in [5.41, 5.74) is 0. The van der Waals surface area contributed by atoms with Gasteiger partial charge in [-0.15, -0.1) is 10.2 Å². The predicted octanol–water partition coefficient (Wildman–Crippen LogP) is -0.280. The van der Waals surface area contributed by atoms with Crippen LogP contribution >= 0.6 is 0 Å². The van der Waals surface area contributed by atoms with Gasteiger partial charge >= 0.3 is 12.0 Å². The van der Waals surface area contributed by atoms with E-state index < -0.39 is 11.9 Å². The number of rotatable bonds is 5. The maximum Gasteiger partial charge on any atom is 0.317 e. The highest BCUT2D eigenvalue weighted by Crippen LogP contribution is 2.23. The number of carbonyl (C=O) groups excluding carboxylic acids is 1. The minimum absolute atomic E-state index is 0.0528. The third kappa shape index (κ3) is 3.06. The van der Waals surface area contributed by atoms with Crippen molar-refractivity contribution in [3.63, 3.8) is 0 Å². The number of aliphatic carboxylic acids is 1. The first-order valence-electron chi connectivity index (χ1n) is 6.57. The van der Waals surface area contributed by atoms with E-state index in [1.807, 2.05) is 7.05 Å². The van der Waals surface area contributed by atoms with Gasteiger partial charge in [-0.3, -0.25) is 4.79 Å². The van der Waals surface area contributed by atoms with Crippen LogP contribution in [0.3, 0.4) is 0 Å². The number of nitrogens with one attached hydrogen (secondary N) is 1. The molecule has 2 rings (SSSR count). The van der Waals surface area contributed by atoms with Crippen LogP contribution in [0.15, 0.2) is 6.33 Å². The lowest BCUT2D eigenvalue weighted by molar-refractivity contribution is -0.144. The van der Waals surface area contributed by atoms with Crippen molar-refractivity contribution in [3.8, 4) is 0 Å². The molecule has 0 aromatic carbocycles. The highest BCUT2D eigenvalue weighted by molar-refractivity contribution is 5.76. The standard InChI is InChI=1S/C12H19N5O3/c1-8(11(18)19)9-5-17(6-9)12(20)13-4-3-10-15-14-7-16(10)2/h7-9H,3-6H2,1-2H3,(H,13,20)(H,18,19). The zero-order valence-corrected chi connectivity index (χ0v) is 11.6. The molecule has 0 bridgehead atoms. The van der Waals surface area contributed by atoms with Gasteiger partial charge in [0, 0.05) is 39.0 Å². The van der Waals surface area contributed by atoms with E-state index >= 15 is 0 Å². The number of amides is 2. The minimum Gasteiger partial charge on any atom is -0.481 e. The van der Waals surface area contributed by atoms with E-state index in [9.17, 15) is 9.59 Å². The Kier molecular flexibility index (Phi) is 4.21. The molecule has 8 nitrogen and oxygen atoms in total. The number of nitrogens with zero attached hydrogens (tertiary/aromatic N) is 4. The third-order valence-corrected chi connectivity index (χ3v) is 3.72. The molecule has 1 atom stereocenters. The summed E-state index contributed by atoms with van der Waals surface area (Å²) in [5, 5.41) is 19.4. The van der Waals surface area contributed by atoms with E-state index in [1.165, 1.54) is 0 Å². The molecule has 2 amide bonds. The topological polar surface area (TPSA) is 100 Å². The first kappa shape index (κ1) is 14.3. The predicted molar refractivity (Wildman–Crippen MR) is 70.0 cm³/mol. The summed E-state index contributed by atoms with van der Waals surface area (Å²) in [5.74, 6) is -0.349. The van der Waals surface area contributed by atoms with Crippen molar-refractivity contribution in [1.29, 1.82) is 0 Å². The average Bonchev–Trinajstić information content (AvgIpc) is 2.73. The SMILES string of the molecule is CC(C(=O)O)C1CN(C(=O)NCCc2nncn2C)C1. The number of aryl methyl sites for hydroxylation is 1. The first-order valence-corrected chi connectivity index (χ1v) is 6.57. The number of urea groups is 1. The maximum absolute atomic E-state index is 11.8. The fourth-order valence-electron chi connectivity index (χ4n) is 2.12. The van der Waals surface area contributed by atoms with Crippen molar-refractivity contribution in [1.82, 2.24) is 25.0 Å². The largest absolute Gasteiger partial charge is 0.481 e. The summed E-state index contributed by atoms with van der Waals surface area (Å²) in [6.07, 6.45) is 2.23. The lowest BCUT2D eigenvalue weighted by Gasteiger charge is -2.41. The number of carbonyl (C=O) groups is 2. The molecule has 0 spiro atoms. The first-order chi connectivity index (χ1) is 9.49. The molecule has 1 unspecified atom stereocenters. The third-order valence-electron chi connectivity index (χ3n) is 3.72. The van der Waals surface area contributed by atoms with Crippen molar-refractivity contribution in [3.05, 3.63) is 12.2 Å². The Labute approximate surface area is 116 Å². The monoisotopic (exact) mass is 281 g/mol. The Morgan fingerprint density at radius 3 is 2.80 bits per heavy atom. The van der Waals surface area contributed by atoms with E-state index in [1.54, 1.807) is 22.7 Å². The molecular formula is C12H19N5O3. The molecule has 2 N–H and O–H groups in total. The van der Waals surface area contributed by atoms with Crippen LogP contribution in [0.4, 0.5) is 4.79 Å². The molecule has 110 valence electrons. The second-order valence-electron chi connectivity index (χ2n) is 5.13. The van der Waals surface area contributed by atoms with E-state index in [0.29, 0.717) is 26.1 Å². The Hall–Kier alpha value is -2.12. The molecule has 0 saturated carbocycles. The molecule has 1 aliphatic rings. The number of hydrogen-bond acceptors (Lipinski definition) is 4. The van der Waals surface area contributed by atoms with Crippen LogP contribution in [0.25, 0.3) is 0 Å². The van der Waals surface area contributed by atoms with E-state index in [-0.39, 0.29) is 11.9 Å². The fourth-order valence-corrected chi connectivity index (χ4v) is 2.12. The summed E-state index contributed by atoms with van der Waals surface area (Å²) >= 11 is 0. The van der Waals surface area contributed by atoms with Crippen LogP contribution in [0.1, 0.15) is 12.7 Å². The molecular weight excluding hydrogens is 262 g/mol. The minimum atomic E-state index is -0.808.